The van der Waals surface area contributed by atoms with Gasteiger partial charge in [-0.1, -0.05) is 6.58 Å². The molecule has 1 aliphatic carbocycles. The number of rotatable bonds is 12. The van der Waals surface area contributed by atoms with Gasteiger partial charge in [-0.2, -0.15) is 0 Å². The van der Waals surface area contributed by atoms with E-state index in [0.29, 0.717) is 59.6 Å². The molecule has 5 aliphatic heterocycles. The molecular weight excluding hydrogens is 989 g/mol. The molecule has 7 amide bonds. The fraction of sp³-hybridized carbons (Fsp3) is 0.382. The van der Waals surface area contributed by atoms with E-state index in [1.807, 2.05) is 18.2 Å². The number of anilines is 6. The number of likely N-dealkylation sites (tertiary alicyclic amines) is 1. The summed E-state index contributed by atoms with van der Waals surface area (Å²) in [5.41, 5.74) is 12.5. The largest absolute Gasteiger partial charge is 0.392 e. The number of hydrogen-bond donors (Lipinski definition) is 4. The predicted octanol–water partition coefficient (Wildman–Crippen LogP) is 5.06. The predicted molar refractivity (Wildman–Crippen MR) is 286 cm³/mol. The van der Waals surface area contributed by atoms with Crippen molar-refractivity contribution >= 4 is 87.1 Å². The first-order chi connectivity index (χ1) is 36.7. The zero-order chi connectivity index (χ0) is 53.1. The number of carbonyl (C=O) groups excluding carboxylic acids is 7. The van der Waals surface area contributed by atoms with Crippen molar-refractivity contribution in [2.75, 3.05) is 71.6 Å². The normalized spacial score (nSPS) is 20.2. The highest BCUT2D eigenvalue weighted by Crippen LogP contribution is 2.41. The number of hydrogen-bond acceptors (Lipinski definition) is 16. The molecule has 392 valence electrons. The number of nitrogens with zero attached hydrogens (tertiary/aromatic N) is 9. The van der Waals surface area contributed by atoms with Gasteiger partial charge in [0.05, 0.1) is 45.9 Å². The summed E-state index contributed by atoms with van der Waals surface area (Å²) in [6, 6.07) is 11.8. The highest BCUT2D eigenvalue weighted by atomic mass is 32.1. The number of primary amides is 1. The summed E-state index contributed by atoms with van der Waals surface area (Å²) < 4.78 is 0. The third-order valence-corrected chi connectivity index (χ3v) is 17.2. The number of nitrogens with two attached hydrogens (primary N) is 1. The highest BCUT2D eigenvalue weighted by molar-refractivity contribution is 7.14. The lowest BCUT2D eigenvalue weighted by molar-refractivity contribution is -0.149. The minimum Gasteiger partial charge on any atom is -0.392 e. The van der Waals surface area contributed by atoms with Crippen molar-refractivity contribution in [1.82, 2.24) is 29.7 Å². The van der Waals surface area contributed by atoms with Gasteiger partial charge in [0, 0.05) is 98.4 Å². The Hall–Kier alpha value is -7.88. The molecule has 8 heterocycles. The molecule has 0 saturated carbocycles. The molecule has 20 nitrogen and oxygen atoms in total. The number of pyridine rings is 1. The second-order valence-electron chi connectivity index (χ2n) is 20.2. The van der Waals surface area contributed by atoms with Gasteiger partial charge in [0.1, 0.15) is 11.9 Å². The van der Waals surface area contributed by atoms with E-state index in [0.717, 1.165) is 96.3 Å². The molecule has 11 rings (SSSR count). The summed E-state index contributed by atoms with van der Waals surface area (Å²) in [5, 5.41) is 17.0. The summed E-state index contributed by atoms with van der Waals surface area (Å²) >= 11 is 1.57. The molecule has 6 aliphatic rings. The van der Waals surface area contributed by atoms with Gasteiger partial charge in [0.25, 0.3) is 29.5 Å². The van der Waals surface area contributed by atoms with Gasteiger partial charge < -0.3 is 31.3 Å². The van der Waals surface area contributed by atoms with Gasteiger partial charge in [-0.3, -0.25) is 53.2 Å². The molecule has 5 N–H and O–H groups in total. The lowest BCUT2D eigenvalue weighted by Gasteiger charge is -2.47. The number of aliphatic hydroxyl groups is 1. The van der Waals surface area contributed by atoms with Crippen LogP contribution >= 0.6 is 11.3 Å². The molecule has 0 spiro atoms. The SMILES string of the molecule is C=CC(=O)Nc1cc(Nc2nc(-c3ccnc(N4CCc5c(sc6c5CCCC6)C4=O)c3CO)cnc2C(N)=O)ccc1N1CCN(C2CCN(c3ccc4c(c3)C(=O)N(C3CCC(=O)N(C)C3=O)C4=O)CC2)C[C@@H]1C. The molecule has 3 saturated heterocycles. The van der Waals surface area contributed by atoms with Crippen LogP contribution in [0.3, 0.4) is 0 Å². The van der Waals surface area contributed by atoms with Crippen molar-refractivity contribution < 1.29 is 38.7 Å². The Kier molecular flexibility index (Phi) is 13.5. The van der Waals surface area contributed by atoms with Gasteiger partial charge in [0.2, 0.25) is 11.8 Å². The summed E-state index contributed by atoms with van der Waals surface area (Å²) in [7, 11) is 1.38. The van der Waals surface area contributed by atoms with Crippen molar-refractivity contribution in [3.8, 4) is 11.3 Å². The number of aromatic nitrogens is 3. The Morgan fingerprint density at radius 2 is 1.66 bits per heavy atom. The van der Waals surface area contributed by atoms with Crippen molar-refractivity contribution in [1.29, 1.82) is 0 Å². The van der Waals surface area contributed by atoms with Crippen LogP contribution < -0.4 is 31.1 Å². The maximum Gasteiger partial charge on any atom is 0.271 e. The van der Waals surface area contributed by atoms with Gasteiger partial charge in [-0.15, -0.1) is 11.3 Å². The molecule has 0 radical (unpaired) electrons. The van der Waals surface area contributed by atoms with Crippen LogP contribution in [0.4, 0.5) is 34.4 Å². The van der Waals surface area contributed by atoms with E-state index in [1.165, 1.54) is 29.8 Å². The number of aliphatic hydroxyl groups excluding tert-OH is 1. The van der Waals surface area contributed by atoms with Crippen LogP contribution in [-0.2, 0) is 40.3 Å². The number of thiophene rings is 1. The van der Waals surface area contributed by atoms with Gasteiger partial charge in [0.15, 0.2) is 11.5 Å². The number of piperidine rings is 2. The molecule has 3 aromatic heterocycles. The fourth-order valence-corrected chi connectivity index (χ4v) is 13.3. The third-order valence-electron chi connectivity index (χ3n) is 15.9. The van der Waals surface area contributed by atoms with Crippen molar-refractivity contribution in [3.05, 3.63) is 111 Å². The van der Waals surface area contributed by atoms with E-state index in [1.54, 1.807) is 46.7 Å². The smallest absolute Gasteiger partial charge is 0.271 e. The van der Waals surface area contributed by atoms with Gasteiger partial charge >= 0.3 is 0 Å². The zero-order valence-corrected chi connectivity index (χ0v) is 43.2. The van der Waals surface area contributed by atoms with Crippen LogP contribution in [0, 0.1) is 0 Å². The molecule has 76 heavy (non-hydrogen) atoms. The first-order valence-electron chi connectivity index (χ1n) is 25.9. The third kappa shape index (κ3) is 8.94. The molecule has 1 unspecified atom stereocenters. The first kappa shape index (κ1) is 50.3. The molecule has 0 bridgehead atoms. The van der Waals surface area contributed by atoms with E-state index in [4.69, 9.17) is 10.7 Å². The van der Waals surface area contributed by atoms with Crippen LogP contribution in [0.2, 0.25) is 0 Å². The lowest BCUT2D eigenvalue weighted by Crippen LogP contribution is -2.57. The average Bonchev–Trinajstić information content (AvgIpc) is 3.98. The number of benzene rings is 2. The molecule has 2 atom stereocenters. The van der Waals surface area contributed by atoms with Gasteiger partial charge in [-0.25, -0.2) is 15.0 Å². The van der Waals surface area contributed by atoms with Crippen LogP contribution in [0.25, 0.3) is 11.3 Å². The highest BCUT2D eigenvalue weighted by Gasteiger charge is 2.47. The van der Waals surface area contributed by atoms with Gasteiger partial charge in [-0.05, 0) is 118 Å². The minimum absolute atomic E-state index is 0.0371. The van der Waals surface area contributed by atoms with E-state index >= 15 is 0 Å². The maximum atomic E-state index is 14.1. The summed E-state index contributed by atoms with van der Waals surface area (Å²) in [5.74, 6) is -2.91. The summed E-state index contributed by atoms with van der Waals surface area (Å²) in [4.78, 5) is 118. The van der Waals surface area contributed by atoms with Crippen molar-refractivity contribution in [3.63, 3.8) is 0 Å². The Bertz CT molecular complexity index is 3280. The second-order valence-corrected chi connectivity index (χ2v) is 21.3. The number of nitrogens with one attached hydrogen (secondary N) is 2. The zero-order valence-electron chi connectivity index (χ0n) is 42.3. The monoisotopic (exact) mass is 1050 g/mol. The average molecular weight is 1050 g/mol. The van der Waals surface area contributed by atoms with E-state index in [-0.39, 0.29) is 53.3 Å². The lowest BCUT2D eigenvalue weighted by atomic mass is 9.92. The number of fused-ring (bicyclic) bond motifs is 4. The standard InChI is InChI=1S/C55H58N12O8S/c1-4-45(69)60-40-25-31(59-50-47(49(56)71)58-27-41(61-50)34-15-19-57-51(39(34)29-68)66-22-18-36-35-7-5-6-8-44(35)76-48(36)55(66)75)9-12-42(40)65-24-23-64(28-30(65)2)32-16-20-63(21-17-32)33-10-11-37-38(26-33)53(73)67(52(37)72)43-13-14-46(70)62(3)54(43)74/h4,9-12,15,19,25-27,30,32,43,68H,1,5-8,13-14,16-18,20-24,28-29H2,2-3H3,(H2,56,71)(H,59,61)(H,60,69)/t30-,43?/m0/s1. The Balaban J connectivity index is 0.773. The van der Waals surface area contributed by atoms with E-state index in [9.17, 15) is 38.7 Å². The Morgan fingerprint density at radius 3 is 2.42 bits per heavy atom. The van der Waals surface area contributed by atoms with Crippen LogP contribution in [0.1, 0.15) is 108 Å². The van der Waals surface area contributed by atoms with Crippen molar-refractivity contribution in [2.45, 2.75) is 89.4 Å². The quantitative estimate of drug-likeness (QED) is 0.0942. The summed E-state index contributed by atoms with van der Waals surface area (Å²) in [6.45, 7) is 9.44. The second kappa shape index (κ2) is 20.3. The molecule has 2 aromatic carbocycles. The molecule has 21 heteroatoms. The number of imide groups is 2. The Morgan fingerprint density at radius 1 is 0.868 bits per heavy atom. The molecular formula is C55H58N12O8S. The van der Waals surface area contributed by atoms with Crippen LogP contribution in [-0.4, -0.2) is 141 Å². The van der Waals surface area contributed by atoms with E-state index in [2.05, 4.69) is 48.8 Å². The van der Waals surface area contributed by atoms with Crippen LogP contribution in [0.15, 0.2) is 67.5 Å². The number of amides is 7. The molecule has 3 fully saturated rings. The number of carbonyl (C=O) groups is 7. The van der Waals surface area contributed by atoms with Crippen molar-refractivity contribution in [2.24, 2.45) is 5.73 Å². The van der Waals surface area contributed by atoms with E-state index < -0.39 is 42.2 Å². The topological polar surface area (TPSA) is 248 Å². The molecule has 5 aromatic rings. The summed E-state index contributed by atoms with van der Waals surface area (Å²) in [6.07, 6.45) is 11.0. The maximum absolute atomic E-state index is 14.1. The number of likely N-dealkylation sites (N-methyl/N-ethyl adjacent to an activating group) is 1. The first-order valence-corrected chi connectivity index (χ1v) is 26.7. The number of piperazine rings is 1. The minimum atomic E-state index is -1.01. The number of aryl methyl sites for hydroxylation is 1. The van der Waals surface area contributed by atoms with Crippen LogP contribution in [0.5, 0.6) is 0 Å². The Labute approximate surface area is 442 Å². The fourth-order valence-electron chi connectivity index (χ4n) is 11.9.